The molecule has 0 saturated carbocycles. The van der Waals surface area contributed by atoms with Crippen LogP contribution in [0.3, 0.4) is 0 Å². The molecule has 3 rings (SSSR count). The summed E-state index contributed by atoms with van der Waals surface area (Å²) >= 11 is 0. The fourth-order valence-electron chi connectivity index (χ4n) is 4.77. The van der Waals surface area contributed by atoms with Crippen LogP contribution in [-0.2, 0) is 25.8 Å². The summed E-state index contributed by atoms with van der Waals surface area (Å²) in [5.41, 5.74) is 1.84. The molecule has 0 radical (unpaired) electrons. The summed E-state index contributed by atoms with van der Waals surface area (Å²) in [4.78, 5) is 40.7. The first kappa shape index (κ1) is 34.0. The van der Waals surface area contributed by atoms with E-state index in [1.807, 2.05) is 18.2 Å². The van der Waals surface area contributed by atoms with Crippen molar-refractivity contribution in [3.8, 4) is 11.8 Å². The number of carbonyl (C=O) groups is 2. The third-order valence-electron chi connectivity index (χ3n) is 8.55. The Morgan fingerprint density at radius 1 is 1.00 bits per heavy atom. The number of ether oxygens (including phenoxy) is 1. The van der Waals surface area contributed by atoms with Crippen LogP contribution in [0.2, 0.25) is 43.8 Å². The first-order valence-electron chi connectivity index (χ1n) is 15.3. The van der Waals surface area contributed by atoms with Gasteiger partial charge in [-0.25, -0.2) is 4.79 Å². The number of rotatable bonds is 12. The lowest BCUT2D eigenvalue weighted by molar-refractivity contribution is -0.157. The minimum Gasteiger partial charge on any atom is -0.417 e. The average Bonchev–Trinajstić information content (AvgIpc) is 3.14. The maximum absolute atomic E-state index is 13.5. The molecule has 1 saturated heterocycles. The van der Waals surface area contributed by atoms with Crippen LogP contribution < -0.4 is 5.69 Å². The number of para-hydroxylation sites is 1. The highest BCUT2D eigenvalue weighted by atomic mass is 28.4. The van der Waals surface area contributed by atoms with Gasteiger partial charge in [0, 0.05) is 41.2 Å². The zero-order valence-corrected chi connectivity index (χ0v) is 29.3. The smallest absolute Gasteiger partial charge is 0.329 e. The van der Waals surface area contributed by atoms with Gasteiger partial charge in [0.25, 0.3) is 5.91 Å². The van der Waals surface area contributed by atoms with Crippen LogP contribution >= 0.6 is 0 Å². The second-order valence-electron chi connectivity index (χ2n) is 14.2. The van der Waals surface area contributed by atoms with Gasteiger partial charge in [0.05, 0.1) is 16.6 Å². The Hall–Kier alpha value is -2.46. The lowest BCUT2D eigenvalue weighted by atomic mass is 10.0. The van der Waals surface area contributed by atoms with E-state index in [0.29, 0.717) is 17.6 Å². The maximum atomic E-state index is 13.5. The molecule has 1 aromatic heterocycles. The number of aryl methyl sites for hydroxylation is 1. The lowest BCUT2D eigenvalue weighted by Gasteiger charge is -2.36. The number of imide groups is 1. The van der Waals surface area contributed by atoms with Crippen molar-refractivity contribution in [3.63, 3.8) is 0 Å². The van der Waals surface area contributed by atoms with Gasteiger partial charge < -0.3 is 9.16 Å². The molecular formula is C32H51N3O5Si2. The van der Waals surface area contributed by atoms with Gasteiger partial charge in [-0.05, 0) is 55.6 Å². The van der Waals surface area contributed by atoms with E-state index in [2.05, 4.69) is 65.3 Å². The van der Waals surface area contributed by atoms with Crippen molar-refractivity contribution in [1.82, 2.24) is 14.0 Å². The number of hydrogen-bond acceptors (Lipinski definition) is 5. The van der Waals surface area contributed by atoms with Crippen LogP contribution in [0.25, 0.3) is 11.0 Å². The van der Waals surface area contributed by atoms with E-state index < -0.39 is 22.4 Å². The minimum atomic E-state index is -1.70. The van der Waals surface area contributed by atoms with E-state index in [1.54, 1.807) is 11.6 Å². The number of likely N-dealkylation sites (tertiary alicyclic amines) is 1. The summed E-state index contributed by atoms with van der Waals surface area (Å²) in [5, 5.41) is 0.223. The number of imidazole rings is 1. The normalized spacial score (nSPS) is 16.7. The van der Waals surface area contributed by atoms with E-state index in [4.69, 9.17) is 9.16 Å². The first-order valence-corrected chi connectivity index (χ1v) is 21.9. The second kappa shape index (κ2) is 13.9. The minimum absolute atomic E-state index is 0.0721. The monoisotopic (exact) mass is 613 g/mol. The number of unbranched alkanes of at least 4 members (excludes halogenated alkanes) is 3. The number of benzene rings is 1. The van der Waals surface area contributed by atoms with Gasteiger partial charge in [-0.2, -0.15) is 0 Å². The van der Waals surface area contributed by atoms with Crippen molar-refractivity contribution < 1.29 is 18.8 Å². The number of piperidine rings is 1. The van der Waals surface area contributed by atoms with Gasteiger partial charge in [0.15, 0.2) is 8.32 Å². The molecule has 2 heterocycles. The predicted molar refractivity (Wildman–Crippen MR) is 175 cm³/mol. The van der Waals surface area contributed by atoms with E-state index in [0.717, 1.165) is 43.9 Å². The number of amides is 2. The van der Waals surface area contributed by atoms with Gasteiger partial charge >= 0.3 is 5.69 Å². The molecule has 0 bridgehead atoms. The Labute approximate surface area is 253 Å². The highest BCUT2D eigenvalue weighted by Crippen LogP contribution is 2.36. The van der Waals surface area contributed by atoms with Crippen molar-refractivity contribution >= 4 is 39.2 Å². The Balaban J connectivity index is 1.68. The second-order valence-corrected chi connectivity index (χ2v) is 24.6. The molecule has 1 aliphatic heterocycles. The molecule has 0 spiro atoms. The van der Waals surface area contributed by atoms with Gasteiger partial charge in [-0.3, -0.25) is 23.6 Å². The van der Waals surface area contributed by atoms with Gasteiger partial charge in [-0.1, -0.05) is 64.7 Å². The van der Waals surface area contributed by atoms with E-state index in [9.17, 15) is 14.4 Å². The fourth-order valence-corrected chi connectivity index (χ4v) is 6.61. The Morgan fingerprint density at radius 3 is 2.38 bits per heavy atom. The zero-order chi connectivity index (χ0) is 31.3. The van der Waals surface area contributed by atoms with Gasteiger partial charge in [0.2, 0.25) is 5.91 Å². The highest BCUT2D eigenvalue weighted by Gasteiger charge is 2.38. The van der Waals surface area contributed by atoms with Crippen molar-refractivity contribution in [2.24, 2.45) is 7.05 Å². The molecule has 8 nitrogen and oxygen atoms in total. The molecule has 1 unspecified atom stereocenters. The van der Waals surface area contributed by atoms with Crippen molar-refractivity contribution in [1.29, 1.82) is 0 Å². The molecule has 1 fully saturated rings. The predicted octanol–water partition coefficient (Wildman–Crippen LogP) is 6.28. The van der Waals surface area contributed by atoms with E-state index in [-0.39, 0.29) is 42.1 Å². The number of fused-ring (bicyclic) bond motifs is 1. The summed E-state index contributed by atoms with van der Waals surface area (Å²) in [5.74, 6) is 5.91. The average molecular weight is 614 g/mol. The third-order valence-corrected chi connectivity index (χ3v) is 14.8. The van der Waals surface area contributed by atoms with Crippen LogP contribution in [-0.4, -0.2) is 62.2 Å². The molecule has 1 atom stereocenters. The van der Waals surface area contributed by atoms with Gasteiger partial charge in [-0.15, -0.1) is 0 Å². The molecule has 0 N–H and O–H groups in total. The Morgan fingerprint density at radius 2 is 1.71 bits per heavy atom. The largest absolute Gasteiger partial charge is 0.417 e. The molecule has 2 amide bonds. The zero-order valence-electron chi connectivity index (χ0n) is 27.3. The van der Waals surface area contributed by atoms with Crippen LogP contribution in [0, 0.1) is 11.8 Å². The van der Waals surface area contributed by atoms with E-state index in [1.165, 1.54) is 9.47 Å². The Kier molecular flexibility index (Phi) is 11.3. The molecule has 0 aliphatic carbocycles. The molecule has 2 aromatic rings. The van der Waals surface area contributed by atoms with Crippen LogP contribution in [0.15, 0.2) is 23.0 Å². The summed E-state index contributed by atoms with van der Waals surface area (Å²) in [6, 6.07) is 5.83. The van der Waals surface area contributed by atoms with Gasteiger partial charge in [0.1, 0.15) is 12.8 Å². The number of carbonyl (C=O) groups excluding carboxylic acids is 2. The summed E-state index contributed by atoms with van der Waals surface area (Å²) in [6.07, 6.45) is 4.32. The number of nitrogens with zero attached hydrogens (tertiary/aromatic N) is 3. The summed E-state index contributed by atoms with van der Waals surface area (Å²) in [7, 11) is -1.28. The first-order chi connectivity index (χ1) is 19.5. The lowest BCUT2D eigenvalue weighted by Crippen LogP contribution is -2.48. The number of hydrogen-bond donors (Lipinski definition) is 0. The molecule has 1 aromatic carbocycles. The van der Waals surface area contributed by atoms with Crippen molar-refractivity contribution in [3.05, 3.63) is 34.2 Å². The highest BCUT2D eigenvalue weighted by molar-refractivity contribution is 6.76. The number of aromatic nitrogens is 2. The summed E-state index contributed by atoms with van der Waals surface area (Å²) in [6.45, 7) is 19.3. The van der Waals surface area contributed by atoms with E-state index >= 15 is 0 Å². The van der Waals surface area contributed by atoms with Crippen LogP contribution in [0.1, 0.15) is 70.9 Å². The van der Waals surface area contributed by atoms with Crippen molar-refractivity contribution in [2.45, 2.75) is 109 Å². The van der Waals surface area contributed by atoms with Crippen LogP contribution in [0.5, 0.6) is 0 Å². The topological polar surface area (TPSA) is 82.8 Å². The molecule has 1 aliphatic rings. The quantitative estimate of drug-likeness (QED) is 0.122. The molecular weight excluding hydrogens is 563 g/mol. The Bertz CT molecular complexity index is 1390. The fraction of sp³-hybridized carbons (Fsp3) is 0.656. The SMILES string of the molecule is Cn1c(=O)n(C2CCC(=O)N(COCC[Si](C)(C)C)C2=O)c2cccc(C#CCCCCCO[Si](C)(C)C(C)(C)C)c21. The van der Waals surface area contributed by atoms with Crippen molar-refractivity contribution in [2.75, 3.05) is 19.9 Å². The standard InChI is InChI=1S/C32H51N3O5Si2/c1-32(2,3)42(8,9)40-21-14-12-10-11-13-16-25-17-15-18-26-29(25)33(4)31(38)35(26)27-19-20-28(36)34(30(27)37)24-39-22-23-41(5,6)7/h15,17-18,27H,10-12,14,19-24H2,1-9H3. The maximum Gasteiger partial charge on any atom is 0.329 e. The molecule has 232 valence electrons. The van der Waals surface area contributed by atoms with Crippen LogP contribution in [0.4, 0.5) is 0 Å². The molecule has 10 heteroatoms. The molecule has 42 heavy (non-hydrogen) atoms. The third kappa shape index (κ3) is 8.34. The summed E-state index contributed by atoms with van der Waals surface area (Å²) < 4.78 is 15.1.